The fourth-order valence-electron chi connectivity index (χ4n) is 1.92. The number of carboxylic acids is 1. The molecule has 1 atom stereocenters. The van der Waals surface area contributed by atoms with E-state index in [1.54, 1.807) is 27.7 Å². The number of rotatable bonds is 5. The molecular weight excluding hydrogens is 276 g/mol. The Hall–Kier alpha value is -1.81. The predicted molar refractivity (Wildman–Crippen MR) is 73.5 cm³/mol. The van der Waals surface area contributed by atoms with Gasteiger partial charge in [-0.05, 0) is 27.7 Å². The van der Waals surface area contributed by atoms with Crippen molar-refractivity contribution in [2.75, 3.05) is 19.8 Å². The lowest BCUT2D eigenvalue weighted by atomic mass is 9.85. The molecule has 0 aliphatic carbocycles. The Morgan fingerprint density at radius 3 is 2.38 bits per heavy atom. The second kappa shape index (κ2) is 6.31. The maximum absolute atomic E-state index is 12.3. The molecule has 0 saturated carbocycles. The van der Waals surface area contributed by atoms with E-state index in [4.69, 9.17) is 14.7 Å². The SMILES string of the molecule is C[C@@H](CC#N)N(CC1(C(=O)O)COC1)C(=O)OC(C)(C)C. The third-order valence-electron chi connectivity index (χ3n) is 3.23. The maximum Gasteiger partial charge on any atom is 0.410 e. The summed E-state index contributed by atoms with van der Waals surface area (Å²) >= 11 is 0. The Morgan fingerprint density at radius 2 is 2.05 bits per heavy atom. The highest BCUT2D eigenvalue weighted by Gasteiger charge is 2.49. The van der Waals surface area contributed by atoms with Crippen LogP contribution in [0.1, 0.15) is 34.1 Å². The Balaban J connectivity index is 2.90. The molecule has 0 radical (unpaired) electrons. The highest BCUT2D eigenvalue weighted by atomic mass is 16.6. The summed E-state index contributed by atoms with van der Waals surface area (Å²) in [4.78, 5) is 25.0. The van der Waals surface area contributed by atoms with Gasteiger partial charge in [-0.2, -0.15) is 5.26 Å². The summed E-state index contributed by atoms with van der Waals surface area (Å²) in [6.45, 7) is 6.98. The van der Waals surface area contributed by atoms with Crippen LogP contribution in [-0.4, -0.2) is 53.5 Å². The lowest BCUT2D eigenvalue weighted by Crippen LogP contribution is -2.58. The first-order valence-corrected chi connectivity index (χ1v) is 6.79. The molecule has 7 heteroatoms. The van der Waals surface area contributed by atoms with E-state index in [0.29, 0.717) is 0 Å². The molecule has 0 aromatic rings. The Labute approximate surface area is 124 Å². The van der Waals surface area contributed by atoms with Crippen LogP contribution in [-0.2, 0) is 14.3 Å². The van der Waals surface area contributed by atoms with Crippen LogP contribution in [0, 0.1) is 16.7 Å². The van der Waals surface area contributed by atoms with Crippen molar-refractivity contribution in [3.8, 4) is 6.07 Å². The molecule has 0 bridgehead atoms. The average Bonchev–Trinajstić information content (AvgIpc) is 2.24. The number of carboxylic acid groups (broad SMARTS) is 1. The molecule has 1 heterocycles. The first kappa shape index (κ1) is 17.2. The molecule has 118 valence electrons. The number of carbonyl (C=O) groups excluding carboxylic acids is 1. The number of nitrogens with zero attached hydrogens (tertiary/aromatic N) is 2. The van der Waals surface area contributed by atoms with Gasteiger partial charge in [-0.15, -0.1) is 0 Å². The predicted octanol–water partition coefficient (Wildman–Crippen LogP) is 1.63. The number of amides is 1. The van der Waals surface area contributed by atoms with Gasteiger partial charge >= 0.3 is 12.1 Å². The van der Waals surface area contributed by atoms with Crippen LogP contribution < -0.4 is 0 Å². The largest absolute Gasteiger partial charge is 0.481 e. The number of carbonyl (C=O) groups is 2. The number of ether oxygens (including phenoxy) is 2. The number of hydrogen-bond donors (Lipinski definition) is 1. The van der Waals surface area contributed by atoms with E-state index in [0.717, 1.165) is 0 Å². The maximum atomic E-state index is 12.3. The standard InChI is InChI=1S/C14H22N2O5/c1-10(5-6-15)16(12(19)21-13(2,3)4)7-14(11(17)18)8-20-9-14/h10H,5,7-9H2,1-4H3,(H,17,18)/t10-/m0/s1. The minimum Gasteiger partial charge on any atom is -0.481 e. The van der Waals surface area contributed by atoms with Crippen molar-refractivity contribution in [2.45, 2.75) is 45.8 Å². The van der Waals surface area contributed by atoms with Gasteiger partial charge in [0, 0.05) is 12.6 Å². The Kier molecular flexibility index (Phi) is 5.18. The highest BCUT2D eigenvalue weighted by molar-refractivity contribution is 5.78. The molecule has 1 rings (SSSR count). The van der Waals surface area contributed by atoms with Crippen LogP contribution in [0.2, 0.25) is 0 Å². The molecule has 1 N–H and O–H groups in total. The normalized spacial score (nSPS) is 18.0. The average molecular weight is 298 g/mol. The van der Waals surface area contributed by atoms with Crippen LogP contribution in [0.3, 0.4) is 0 Å². The van der Waals surface area contributed by atoms with Crippen LogP contribution in [0.4, 0.5) is 4.79 Å². The summed E-state index contributed by atoms with van der Waals surface area (Å²) in [5.41, 5.74) is -1.80. The molecule has 7 nitrogen and oxygen atoms in total. The second-order valence-electron chi connectivity index (χ2n) is 6.40. The zero-order chi connectivity index (χ0) is 16.3. The third-order valence-corrected chi connectivity index (χ3v) is 3.23. The monoisotopic (exact) mass is 298 g/mol. The van der Waals surface area contributed by atoms with Crippen LogP contribution >= 0.6 is 0 Å². The number of nitriles is 1. The fourth-order valence-corrected chi connectivity index (χ4v) is 1.92. The van der Waals surface area contributed by atoms with E-state index in [-0.39, 0.29) is 26.2 Å². The van der Waals surface area contributed by atoms with Gasteiger partial charge in [0.05, 0.1) is 25.7 Å². The lowest BCUT2D eigenvalue weighted by molar-refractivity contribution is -0.183. The molecule has 21 heavy (non-hydrogen) atoms. The summed E-state index contributed by atoms with van der Waals surface area (Å²) < 4.78 is 10.3. The highest BCUT2D eigenvalue weighted by Crippen LogP contribution is 2.30. The van der Waals surface area contributed by atoms with Crippen molar-refractivity contribution in [2.24, 2.45) is 5.41 Å². The van der Waals surface area contributed by atoms with Gasteiger partial charge in [-0.1, -0.05) is 0 Å². The summed E-state index contributed by atoms with van der Waals surface area (Å²) in [7, 11) is 0. The van der Waals surface area contributed by atoms with Gasteiger partial charge in [0.15, 0.2) is 0 Å². The van der Waals surface area contributed by atoms with E-state index < -0.39 is 29.1 Å². The smallest absolute Gasteiger partial charge is 0.410 e. The van der Waals surface area contributed by atoms with Gasteiger partial charge in [0.2, 0.25) is 0 Å². The number of hydrogen-bond acceptors (Lipinski definition) is 5. The molecular formula is C14H22N2O5. The van der Waals surface area contributed by atoms with Crippen molar-refractivity contribution >= 4 is 12.1 Å². The second-order valence-corrected chi connectivity index (χ2v) is 6.40. The molecule has 1 saturated heterocycles. The quantitative estimate of drug-likeness (QED) is 0.828. The Morgan fingerprint density at radius 1 is 1.48 bits per heavy atom. The topological polar surface area (TPSA) is 99.9 Å². The zero-order valence-electron chi connectivity index (χ0n) is 12.9. The van der Waals surface area contributed by atoms with Gasteiger partial charge in [0.25, 0.3) is 0 Å². The minimum atomic E-state index is -1.11. The molecule has 1 aliphatic rings. The molecule has 0 aromatic heterocycles. The van der Waals surface area contributed by atoms with Gasteiger partial charge in [0.1, 0.15) is 11.0 Å². The van der Waals surface area contributed by atoms with Crippen LogP contribution in [0.5, 0.6) is 0 Å². The third kappa shape index (κ3) is 4.33. The summed E-state index contributed by atoms with van der Waals surface area (Å²) in [6.07, 6.45) is -0.506. The van der Waals surface area contributed by atoms with E-state index in [1.165, 1.54) is 4.90 Å². The minimum absolute atomic E-state index is 0.0277. The van der Waals surface area contributed by atoms with E-state index >= 15 is 0 Å². The molecule has 0 aromatic carbocycles. The number of aliphatic carboxylic acids is 1. The molecule has 1 aliphatic heterocycles. The van der Waals surface area contributed by atoms with Crippen molar-refractivity contribution in [3.05, 3.63) is 0 Å². The van der Waals surface area contributed by atoms with Crippen molar-refractivity contribution in [1.82, 2.24) is 4.90 Å². The molecule has 1 amide bonds. The summed E-state index contributed by atoms with van der Waals surface area (Å²) in [5.74, 6) is -1.01. The first-order valence-electron chi connectivity index (χ1n) is 6.79. The zero-order valence-corrected chi connectivity index (χ0v) is 12.9. The lowest BCUT2D eigenvalue weighted by Gasteiger charge is -2.42. The molecule has 1 fully saturated rings. The van der Waals surface area contributed by atoms with Crippen LogP contribution in [0.25, 0.3) is 0 Å². The van der Waals surface area contributed by atoms with Crippen LogP contribution in [0.15, 0.2) is 0 Å². The fraction of sp³-hybridized carbons (Fsp3) is 0.786. The van der Waals surface area contributed by atoms with Crippen molar-refractivity contribution in [1.29, 1.82) is 5.26 Å². The Bertz CT molecular complexity index is 445. The van der Waals surface area contributed by atoms with E-state index in [9.17, 15) is 14.7 Å². The van der Waals surface area contributed by atoms with E-state index in [1.807, 2.05) is 6.07 Å². The van der Waals surface area contributed by atoms with Gasteiger partial charge < -0.3 is 19.5 Å². The van der Waals surface area contributed by atoms with E-state index in [2.05, 4.69) is 0 Å². The van der Waals surface area contributed by atoms with Crippen molar-refractivity contribution < 1.29 is 24.2 Å². The van der Waals surface area contributed by atoms with Crippen molar-refractivity contribution in [3.63, 3.8) is 0 Å². The van der Waals surface area contributed by atoms with Gasteiger partial charge in [-0.3, -0.25) is 4.79 Å². The summed E-state index contributed by atoms with van der Waals surface area (Å²) in [6, 6.07) is 1.56. The molecule has 0 unspecified atom stereocenters. The van der Waals surface area contributed by atoms with Gasteiger partial charge in [-0.25, -0.2) is 4.79 Å². The first-order chi connectivity index (χ1) is 9.61. The summed E-state index contributed by atoms with van der Waals surface area (Å²) in [5, 5.41) is 18.1. The molecule has 0 spiro atoms.